The monoisotopic (exact) mass is 491 g/mol. The molecular formula is C15H5Cl4N5O4S. The molecule has 148 valence electrons. The highest BCUT2D eigenvalue weighted by Crippen LogP contribution is 2.44. The van der Waals surface area contributed by atoms with E-state index in [0.29, 0.717) is 5.01 Å². The Hall–Kier alpha value is -2.37. The molecule has 0 spiro atoms. The highest BCUT2D eigenvalue weighted by Gasteiger charge is 2.44. The largest absolute Gasteiger partial charge is 0.494 e. The van der Waals surface area contributed by atoms with Gasteiger partial charge in [-0.25, -0.2) is 5.10 Å². The van der Waals surface area contributed by atoms with Crippen LogP contribution in [0.3, 0.4) is 0 Å². The first-order valence-electron chi connectivity index (χ1n) is 7.49. The molecule has 0 radical (unpaired) electrons. The number of aromatic hydroxyl groups is 1. The van der Waals surface area contributed by atoms with Crippen molar-refractivity contribution >= 4 is 70.4 Å². The van der Waals surface area contributed by atoms with Crippen LogP contribution in [0.25, 0.3) is 11.4 Å². The minimum Gasteiger partial charge on any atom is -0.494 e. The summed E-state index contributed by atoms with van der Waals surface area (Å²) in [4.78, 5) is 39.9. The number of pyridine rings is 1. The maximum atomic E-state index is 13.0. The summed E-state index contributed by atoms with van der Waals surface area (Å²) in [6.45, 7) is 0. The number of imide groups is 1. The zero-order valence-corrected chi connectivity index (χ0v) is 17.4. The zero-order chi connectivity index (χ0) is 21.2. The van der Waals surface area contributed by atoms with Crippen molar-refractivity contribution in [1.29, 1.82) is 0 Å². The van der Waals surface area contributed by atoms with Gasteiger partial charge >= 0.3 is 0 Å². The Bertz CT molecular complexity index is 1310. The van der Waals surface area contributed by atoms with E-state index >= 15 is 0 Å². The summed E-state index contributed by atoms with van der Waals surface area (Å²) in [7, 11) is 0. The van der Waals surface area contributed by atoms with Crippen LogP contribution in [0.4, 0.5) is 0 Å². The van der Waals surface area contributed by atoms with Crippen LogP contribution >= 0.6 is 58.6 Å². The van der Waals surface area contributed by atoms with E-state index < -0.39 is 23.3 Å². The molecule has 3 N–H and O–H groups in total. The number of hydrogen-bond donors (Lipinski definition) is 3. The van der Waals surface area contributed by atoms with Crippen molar-refractivity contribution in [3.05, 3.63) is 58.5 Å². The Kier molecular flexibility index (Phi) is 4.71. The Morgan fingerprint density at radius 2 is 1.48 bits per heavy atom. The molecule has 3 aromatic rings. The lowest BCUT2D eigenvalue weighted by Crippen LogP contribution is -2.40. The summed E-state index contributed by atoms with van der Waals surface area (Å²) in [6.07, 6.45) is 0. The lowest BCUT2D eigenvalue weighted by atomic mass is 10.1. The van der Waals surface area contributed by atoms with Crippen molar-refractivity contribution in [2.75, 3.05) is 5.01 Å². The second kappa shape index (κ2) is 6.85. The molecule has 1 aliphatic rings. The second-order valence-electron chi connectivity index (χ2n) is 5.71. The molecule has 9 nitrogen and oxygen atoms in total. The van der Waals surface area contributed by atoms with Crippen LogP contribution < -0.4 is 10.6 Å². The molecule has 0 unspecified atom stereocenters. The van der Waals surface area contributed by atoms with Gasteiger partial charge in [-0.1, -0.05) is 46.4 Å². The third-order valence-electron chi connectivity index (χ3n) is 4.02. The second-order valence-corrected chi connectivity index (χ2v) is 7.61. The summed E-state index contributed by atoms with van der Waals surface area (Å²) < 4.78 is 0.793. The lowest BCUT2D eigenvalue weighted by Gasteiger charge is -2.16. The molecular weight excluding hydrogens is 488 g/mol. The Morgan fingerprint density at radius 1 is 0.931 bits per heavy atom. The van der Waals surface area contributed by atoms with E-state index in [9.17, 15) is 19.5 Å². The highest BCUT2D eigenvalue weighted by molar-refractivity contribution is 7.71. The van der Waals surface area contributed by atoms with E-state index in [1.807, 2.05) is 0 Å². The summed E-state index contributed by atoms with van der Waals surface area (Å²) in [5.41, 5.74) is -1.08. The van der Waals surface area contributed by atoms with Crippen LogP contribution in [-0.2, 0) is 0 Å². The fraction of sp³-hybridized carbons (Fsp3) is 0. The number of carbonyl (C=O) groups is 2. The number of aromatic nitrogens is 4. The normalized spacial score (nSPS) is 13.3. The highest BCUT2D eigenvalue weighted by atomic mass is 35.5. The maximum Gasteiger partial charge on any atom is 0.282 e. The van der Waals surface area contributed by atoms with E-state index in [1.54, 1.807) is 0 Å². The average Bonchev–Trinajstić information content (AvgIpc) is 3.14. The van der Waals surface area contributed by atoms with E-state index in [1.165, 1.54) is 0 Å². The van der Waals surface area contributed by atoms with Crippen molar-refractivity contribution in [3.8, 4) is 17.3 Å². The number of aromatic amines is 2. The fourth-order valence-corrected chi connectivity index (χ4v) is 4.07. The van der Waals surface area contributed by atoms with Gasteiger partial charge in [-0.2, -0.15) is 14.8 Å². The van der Waals surface area contributed by atoms with Gasteiger partial charge < -0.3 is 5.11 Å². The van der Waals surface area contributed by atoms with Gasteiger partial charge in [-0.05, 0) is 12.2 Å². The van der Waals surface area contributed by atoms with E-state index in [-0.39, 0.29) is 47.4 Å². The number of halogens is 4. The molecule has 4 rings (SSSR count). The molecule has 0 fully saturated rings. The molecule has 0 atom stereocenters. The standard InChI is InChI=1S/C15H5Cl4N5O4S/c16-8-6-7(9(17)11(19)10(8)18)14(28)24(13(6)27)23-12(21-22-15(23)29)3-1-4(25)20-5(26)2-3/h1-2H,(H,22,29)(H2,20,25,26). The number of benzene rings is 1. The molecule has 0 saturated heterocycles. The molecule has 0 bridgehead atoms. The lowest BCUT2D eigenvalue weighted by molar-refractivity contribution is 0.0886. The minimum atomic E-state index is -0.886. The van der Waals surface area contributed by atoms with Gasteiger partial charge in [0.15, 0.2) is 11.7 Å². The first-order chi connectivity index (χ1) is 13.6. The van der Waals surface area contributed by atoms with Crippen LogP contribution in [0.1, 0.15) is 20.7 Å². The Morgan fingerprint density at radius 3 is 2.00 bits per heavy atom. The third kappa shape index (κ3) is 2.87. The zero-order valence-electron chi connectivity index (χ0n) is 13.6. The summed E-state index contributed by atoms with van der Waals surface area (Å²) in [6, 6.07) is 2.25. The molecule has 1 aromatic carbocycles. The topological polar surface area (TPSA) is 124 Å². The van der Waals surface area contributed by atoms with Crippen LogP contribution in [0.15, 0.2) is 16.9 Å². The number of hydrogen-bond acceptors (Lipinski definition) is 6. The molecule has 0 aliphatic carbocycles. The van der Waals surface area contributed by atoms with Crippen molar-refractivity contribution in [3.63, 3.8) is 0 Å². The SMILES string of the molecule is O=C1c2c(Cl)c(Cl)c(Cl)c(Cl)c2C(=O)N1n1c(-c2cc(O)[nH]c(=O)c2)n[nH]c1=S. The van der Waals surface area contributed by atoms with Gasteiger partial charge in [0.1, 0.15) is 0 Å². The van der Waals surface area contributed by atoms with Gasteiger partial charge in [-0.3, -0.25) is 19.4 Å². The third-order valence-corrected chi connectivity index (χ3v) is 6.08. The number of nitrogens with zero attached hydrogens (tertiary/aromatic N) is 3. The molecule has 0 saturated carbocycles. The average molecular weight is 493 g/mol. The number of fused-ring (bicyclic) bond motifs is 1. The summed E-state index contributed by atoms with van der Waals surface area (Å²) in [5, 5.41) is 15.8. The summed E-state index contributed by atoms with van der Waals surface area (Å²) in [5.74, 6) is -2.33. The molecule has 2 amide bonds. The van der Waals surface area contributed by atoms with Crippen molar-refractivity contribution in [1.82, 2.24) is 19.9 Å². The predicted octanol–water partition coefficient (Wildman–Crippen LogP) is 3.55. The first kappa shape index (κ1) is 19.9. The van der Waals surface area contributed by atoms with Crippen molar-refractivity contribution in [2.45, 2.75) is 0 Å². The van der Waals surface area contributed by atoms with Crippen LogP contribution in [0, 0.1) is 4.77 Å². The van der Waals surface area contributed by atoms with Crippen molar-refractivity contribution < 1.29 is 14.7 Å². The molecule has 29 heavy (non-hydrogen) atoms. The maximum absolute atomic E-state index is 13.0. The number of carbonyl (C=O) groups excluding carboxylic acids is 2. The number of H-pyrrole nitrogens is 2. The smallest absolute Gasteiger partial charge is 0.282 e. The molecule has 3 heterocycles. The van der Waals surface area contributed by atoms with E-state index in [2.05, 4.69) is 15.2 Å². The Labute approximate surface area is 185 Å². The van der Waals surface area contributed by atoms with Crippen LogP contribution in [0.2, 0.25) is 20.1 Å². The fourth-order valence-electron chi connectivity index (χ4n) is 2.84. The van der Waals surface area contributed by atoms with Crippen molar-refractivity contribution in [2.24, 2.45) is 0 Å². The molecule has 2 aromatic heterocycles. The van der Waals surface area contributed by atoms with Gasteiger partial charge in [-0.15, -0.1) is 0 Å². The van der Waals surface area contributed by atoms with Gasteiger partial charge in [0.05, 0.1) is 31.2 Å². The Balaban J connectivity index is 1.98. The predicted molar refractivity (Wildman–Crippen MR) is 108 cm³/mol. The van der Waals surface area contributed by atoms with E-state index in [4.69, 9.17) is 58.6 Å². The molecule has 1 aliphatic heterocycles. The number of nitrogens with one attached hydrogen (secondary N) is 2. The minimum absolute atomic E-state index is 0.0726. The van der Waals surface area contributed by atoms with Gasteiger partial charge in [0.2, 0.25) is 4.77 Å². The molecule has 14 heteroatoms. The number of rotatable bonds is 2. The van der Waals surface area contributed by atoms with E-state index in [0.717, 1.165) is 16.8 Å². The quantitative estimate of drug-likeness (QED) is 0.217. The van der Waals surface area contributed by atoms with Crippen LogP contribution in [0.5, 0.6) is 5.88 Å². The number of amides is 2. The van der Waals surface area contributed by atoms with Gasteiger partial charge in [0.25, 0.3) is 17.4 Å². The van der Waals surface area contributed by atoms with Gasteiger partial charge in [0, 0.05) is 17.7 Å². The first-order valence-corrected chi connectivity index (χ1v) is 9.41. The van der Waals surface area contributed by atoms with Crippen LogP contribution in [-0.4, -0.2) is 36.8 Å². The summed E-state index contributed by atoms with van der Waals surface area (Å²) >= 11 is 29.4.